The van der Waals surface area contributed by atoms with E-state index >= 15 is 0 Å². The second-order valence-electron chi connectivity index (χ2n) is 6.39. The third-order valence-corrected chi connectivity index (χ3v) is 5.32. The molecular formula is C14H24FN. The molecule has 0 radical (unpaired) electrons. The third-order valence-electron chi connectivity index (χ3n) is 5.32. The maximum Gasteiger partial charge on any atom is 0.104 e. The fraction of sp³-hybridized carbons (Fsp3) is 1.00. The quantitative estimate of drug-likeness (QED) is 0.709. The molecule has 4 saturated carbocycles. The first-order valence-corrected chi connectivity index (χ1v) is 7.10. The Labute approximate surface area is 98.4 Å². The molecule has 1 nitrogen and oxygen atoms in total. The molecule has 4 rings (SSSR count). The highest BCUT2D eigenvalue weighted by Gasteiger charge is 2.56. The Hall–Kier alpha value is -0.110. The van der Waals surface area contributed by atoms with Crippen molar-refractivity contribution in [3.8, 4) is 0 Å². The zero-order valence-electron chi connectivity index (χ0n) is 10.4. The summed E-state index contributed by atoms with van der Waals surface area (Å²) in [4.78, 5) is 2.65. The Morgan fingerprint density at radius 2 is 1.88 bits per heavy atom. The maximum atomic E-state index is 13.5. The summed E-state index contributed by atoms with van der Waals surface area (Å²) in [5.74, 6) is 0.433. The molecule has 4 fully saturated rings. The van der Waals surface area contributed by atoms with Gasteiger partial charge in [-0.2, -0.15) is 0 Å². The van der Waals surface area contributed by atoms with Crippen LogP contribution in [0.25, 0.3) is 0 Å². The van der Waals surface area contributed by atoms with Gasteiger partial charge in [0.25, 0.3) is 0 Å². The molecule has 0 amide bonds. The molecule has 0 saturated heterocycles. The van der Waals surface area contributed by atoms with Gasteiger partial charge in [-0.3, -0.25) is 0 Å². The maximum absolute atomic E-state index is 13.5. The van der Waals surface area contributed by atoms with Crippen LogP contribution in [0.2, 0.25) is 0 Å². The van der Waals surface area contributed by atoms with Gasteiger partial charge in [0.15, 0.2) is 0 Å². The number of hydrogen-bond donors (Lipinski definition) is 0. The molecule has 0 spiro atoms. The lowest BCUT2D eigenvalue weighted by atomic mass is 9.69. The summed E-state index contributed by atoms with van der Waals surface area (Å²) in [5, 5.41) is 0. The van der Waals surface area contributed by atoms with Crippen molar-refractivity contribution in [3.05, 3.63) is 0 Å². The largest absolute Gasteiger partial charge is 0.300 e. The molecule has 4 aliphatic rings. The van der Waals surface area contributed by atoms with E-state index in [4.69, 9.17) is 0 Å². The van der Waals surface area contributed by atoms with Crippen LogP contribution in [0.1, 0.15) is 51.9 Å². The number of hydrogen-bond acceptors (Lipinski definition) is 1. The van der Waals surface area contributed by atoms with Crippen molar-refractivity contribution in [1.29, 1.82) is 0 Å². The highest BCUT2D eigenvalue weighted by atomic mass is 19.1. The summed E-state index contributed by atoms with van der Waals surface area (Å²) in [6.07, 6.45) is 8.32. The predicted molar refractivity (Wildman–Crippen MR) is 64.2 cm³/mol. The van der Waals surface area contributed by atoms with Crippen LogP contribution in [0.15, 0.2) is 0 Å². The summed E-state index contributed by atoms with van der Waals surface area (Å²) in [6, 6.07) is 0.817. The molecule has 4 aliphatic carbocycles. The van der Waals surface area contributed by atoms with Crippen molar-refractivity contribution in [3.63, 3.8) is 0 Å². The van der Waals surface area contributed by atoms with Gasteiger partial charge in [-0.25, -0.2) is 4.39 Å². The van der Waals surface area contributed by atoms with Crippen LogP contribution in [0, 0.1) is 11.3 Å². The number of halogens is 1. The van der Waals surface area contributed by atoms with Crippen LogP contribution in [0.4, 0.5) is 4.39 Å². The Balaban J connectivity index is 1.60. The zero-order valence-corrected chi connectivity index (χ0v) is 10.4. The smallest absolute Gasteiger partial charge is 0.104 e. The second-order valence-corrected chi connectivity index (χ2v) is 6.39. The van der Waals surface area contributed by atoms with E-state index in [0.29, 0.717) is 11.3 Å². The summed E-state index contributed by atoms with van der Waals surface area (Å²) in [6.45, 7) is 4.62. The highest BCUT2D eigenvalue weighted by Crippen LogP contribution is 2.60. The van der Waals surface area contributed by atoms with Crippen molar-refractivity contribution in [2.24, 2.45) is 11.3 Å². The molecule has 1 unspecified atom stereocenters. The van der Waals surface area contributed by atoms with Crippen molar-refractivity contribution in [2.75, 3.05) is 13.1 Å². The van der Waals surface area contributed by atoms with E-state index in [1.165, 1.54) is 45.1 Å². The molecule has 2 bridgehead atoms. The normalized spacial score (nSPS) is 42.9. The molecule has 0 N–H and O–H groups in total. The van der Waals surface area contributed by atoms with Gasteiger partial charge in [-0.15, -0.1) is 0 Å². The fourth-order valence-corrected chi connectivity index (χ4v) is 4.45. The van der Waals surface area contributed by atoms with Crippen molar-refractivity contribution >= 4 is 0 Å². The SMILES string of the molecule is CCN(CC12CC(F)C(C1)C2)C1CCCC1. The van der Waals surface area contributed by atoms with Crippen LogP contribution in [0.5, 0.6) is 0 Å². The fourth-order valence-electron chi connectivity index (χ4n) is 4.45. The summed E-state index contributed by atoms with van der Waals surface area (Å²) in [7, 11) is 0. The standard InChI is InChI=1S/C14H24FN/c1-2-16(12-5-3-4-6-12)10-14-7-11(8-14)13(15)9-14/h11-13H,2-10H2,1H3. The number of fused-ring (bicyclic) bond motifs is 1. The lowest BCUT2D eigenvalue weighted by Gasteiger charge is -2.43. The van der Waals surface area contributed by atoms with E-state index in [0.717, 1.165) is 19.0 Å². The van der Waals surface area contributed by atoms with Crippen LogP contribution in [0.3, 0.4) is 0 Å². The Bertz CT molecular complexity index is 253. The highest BCUT2D eigenvalue weighted by molar-refractivity contribution is 5.07. The molecule has 0 aromatic rings. The molecule has 16 heavy (non-hydrogen) atoms. The van der Waals surface area contributed by atoms with Crippen molar-refractivity contribution in [1.82, 2.24) is 4.90 Å². The lowest BCUT2D eigenvalue weighted by Crippen LogP contribution is -2.44. The Morgan fingerprint density at radius 3 is 2.38 bits per heavy atom. The van der Waals surface area contributed by atoms with E-state index in [9.17, 15) is 4.39 Å². The molecule has 92 valence electrons. The number of nitrogens with zero attached hydrogens (tertiary/aromatic N) is 1. The summed E-state index contributed by atoms with van der Waals surface area (Å²) in [5.41, 5.74) is 0.392. The van der Waals surface area contributed by atoms with E-state index in [1.807, 2.05) is 0 Å². The van der Waals surface area contributed by atoms with Crippen LogP contribution >= 0.6 is 0 Å². The number of alkyl halides is 1. The first-order valence-electron chi connectivity index (χ1n) is 7.10. The van der Waals surface area contributed by atoms with Crippen LogP contribution in [-0.4, -0.2) is 30.2 Å². The van der Waals surface area contributed by atoms with Gasteiger partial charge >= 0.3 is 0 Å². The van der Waals surface area contributed by atoms with Gasteiger partial charge in [0.2, 0.25) is 0 Å². The van der Waals surface area contributed by atoms with E-state index in [-0.39, 0.29) is 0 Å². The summed E-state index contributed by atoms with van der Waals surface area (Å²) < 4.78 is 13.5. The van der Waals surface area contributed by atoms with Gasteiger partial charge in [0.1, 0.15) is 6.17 Å². The van der Waals surface area contributed by atoms with Gasteiger partial charge < -0.3 is 4.90 Å². The van der Waals surface area contributed by atoms with Gasteiger partial charge in [-0.05, 0) is 50.0 Å². The van der Waals surface area contributed by atoms with Crippen molar-refractivity contribution < 1.29 is 4.39 Å². The topological polar surface area (TPSA) is 3.24 Å². The minimum Gasteiger partial charge on any atom is -0.300 e. The van der Waals surface area contributed by atoms with E-state index in [2.05, 4.69) is 11.8 Å². The zero-order chi connectivity index (χ0) is 11.2. The molecule has 2 heteroatoms. The Kier molecular flexibility index (Phi) is 2.73. The predicted octanol–water partition coefficient (Wildman–Crippen LogP) is 3.39. The average Bonchev–Trinajstić information content (AvgIpc) is 2.87. The van der Waals surface area contributed by atoms with Crippen molar-refractivity contribution in [2.45, 2.75) is 64.1 Å². The van der Waals surface area contributed by atoms with E-state index < -0.39 is 6.17 Å². The van der Waals surface area contributed by atoms with Crippen LogP contribution < -0.4 is 0 Å². The molecular weight excluding hydrogens is 201 g/mol. The van der Waals surface area contributed by atoms with E-state index in [1.54, 1.807) is 0 Å². The first-order chi connectivity index (χ1) is 7.72. The van der Waals surface area contributed by atoms with Gasteiger partial charge in [-0.1, -0.05) is 19.8 Å². The lowest BCUT2D eigenvalue weighted by molar-refractivity contribution is 0.0553. The Morgan fingerprint density at radius 1 is 1.19 bits per heavy atom. The van der Waals surface area contributed by atoms with Crippen LogP contribution in [-0.2, 0) is 0 Å². The molecule has 0 heterocycles. The minimum atomic E-state index is -0.470. The first kappa shape index (κ1) is 11.0. The minimum absolute atomic E-state index is 0.392. The molecule has 0 aromatic carbocycles. The van der Waals surface area contributed by atoms with Gasteiger partial charge in [0.05, 0.1) is 0 Å². The molecule has 1 atom stereocenters. The third kappa shape index (κ3) is 1.70. The second kappa shape index (κ2) is 3.97. The summed E-state index contributed by atoms with van der Waals surface area (Å²) >= 11 is 0. The molecule has 0 aromatic heterocycles. The average molecular weight is 225 g/mol. The number of rotatable bonds is 4. The van der Waals surface area contributed by atoms with Gasteiger partial charge in [0, 0.05) is 12.6 Å². The molecule has 0 aliphatic heterocycles. The monoisotopic (exact) mass is 225 g/mol.